The summed E-state index contributed by atoms with van der Waals surface area (Å²) in [6.45, 7) is 11.5. The quantitative estimate of drug-likeness (QED) is 0.631. The van der Waals surface area contributed by atoms with Gasteiger partial charge < -0.3 is 5.32 Å². The van der Waals surface area contributed by atoms with Gasteiger partial charge in [0.15, 0.2) is 0 Å². The van der Waals surface area contributed by atoms with E-state index in [1.807, 2.05) is 13.8 Å². The van der Waals surface area contributed by atoms with E-state index in [9.17, 15) is 4.79 Å². The summed E-state index contributed by atoms with van der Waals surface area (Å²) in [5, 5.41) is 2.99. The zero-order valence-corrected chi connectivity index (χ0v) is 11.7. The minimum atomic E-state index is 0.105. The second kappa shape index (κ2) is 8.60. The van der Waals surface area contributed by atoms with Gasteiger partial charge in [-0.2, -0.15) is 0 Å². The number of unbranched alkanes of at least 4 members (excludes halogenated alkanes) is 1. The molecule has 0 aliphatic carbocycles. The van der Waals surface area contributed by atoms with Crippen molar-refractivity contribution in [3.63, 3.8) is 0 Å². The third-order valence-electron chi connectivity index (χ3n) is 2.88. The molecule has 0 saturated heterocycles. The van der Waals surface area contributed by atoms with Crippen LogP contribution in [-0.2, 0) is 4.79 Å². The Morgan fingerprint density at radius 2 is 1.56 bits per heavy atom. The van der Waals surface area contributed by atoms with Gasteiger partial charge >= 0.3 is 0 Å². The molecule has 2 nitrogen and oxygen atoms in total. The molecule has 0 aromatic rings. The van der Waals surface area contributed by atoms with E-state index < -0.39 is 0 Å². The Morgan fingerprint density at radius 1 is 1.00 bits per heavy atom. The van der Waals surface area contributed by atoms with Crippen molar-refractivity contribution in [1.82, 2.24) is 5.32 Å². The maximum absolute atomic E-state index is 11.4. The third-order valence-corrected chi connectivity index (χ3v) is 2.88. The highest BCUT2D eigenvalue weighted by atomic mass is 16.1. The molecule has 0 rings (SSSR count). The second-order valence-electron chi connectivity index (χ2n) is 5.68. The van der Waals surface area contributed by atoms with Crippen LogP contribution < -0.4 is 5.32 Å². The van der Waals surface area contributed by atoms with Gasteiger partial charge in [-0.1, -0.05) is 53.9 Å². The SMILES string of the molecule is CC(C)CCCCC(C)CNC(=O)C(C)C. The van der Waals surface area contributed by atoms with Gasteiger partial charge in [0.25, 0.3) is 0 Å². The van der Waals surface area contributed by atoms with Gasteiger partial charge in [-0.15, -0.1) is 0 Å². The predicted molar refractivity (Wildman–Crippen MR) is 70.3 cm³/mol. The van der Waals surface area contributed by atoms with Crippen LogP contribution in [0.2, 0.25) is 0 Å². The van der Waals surface area contributed by atoms with Crippen LogP contribution in [0.25, 0.3) is 0 Å². The number of carbonyl (C=O) groups is 1. The van der Waals surface area contributed by atoms with Gasteiger partial charge in [-0.3, -0.25) is 4.79 Å². The van der Waals surface area contributed by atoms with Crippen molar-refractivity contribution in [2.75, 3.05) is 6.54 Å². The minimum Gasteiger partial charge on any atom is -0.356 e. The molecule has 0 fully saturated rings. The zero-order chi connectivity index (χ0) is 12.6. The highest BCUT2D eigenvalue weighted by molar-refractivity contribution is 5.77. The standard InChI is InChI=1S/C14H29NO/c1-11(2)8-6-7-9-13(5)10-15-14(16)12(3)4/h11-13H,6-10H2,1-5H3,(H,15,16). The van der Waals surface area contributed by atoms with Gasteiger partial charge in [-0.25, -0.2) is 0 Å². The summed E-state index contributed by atoms with van der Waals surface area (Å²) in [5.74, 6) is 1.70. The normalized spacial score (nSPS) is 13.2. The Morgan fingerprint density at radius 3 is 2.06 bits per heavy atom. The van der Waals surface area contributed by atoms with Crippen molar-refractivity contribution in [2.45, 2.75) is 60.3 Å². The third kappa shape index (κ3) is 8.75. The van der Waals surface area contributed by atoms with E-state index in [-0.39, 0.29) is 11.8 Å². The topological polar surface area (TPSA) is 29.1 Å². The molecule has 0 aromatic carbocycles. The maximum atomic E-state index is 11.4. The smallest absolute Gasteiger partial charge is 0.222 e. The van der Waals surface area contributed by atoms with Crippen LogP contribution in [0.3, 0.4) is 0 Å². The van der Waals surface area contributed by atoms with E-state index in [4.69, 9.17) is 0 Å². The van der Waals surface area contributed by atoms with Crippen molar-refractivity contribution in [3.05, 3.63) is 0 Å². The van der Waals surface area contributed by atoms with Crippen molar-refractivity contribution in [3.8, 4) is 0 Å². The molecule has 0 aliphatic rings. The van der Waals surface area contributed by atoms with Gasteiger partial charge in [0.1, 0.15) is 0 Å². The molecule has 96 valence electrons. The fraction of sp³-hybridized carbons (Fsp3) is 0.929. The van der Waals surface area contributed by atoms with Crippen LogP contribution >= 0.6 is 0 Å². The molecule has 0 radical (unpaired) electrons. The Balaban J connectivity index is 3.44. The fourth-order valence-electron chi connectivity index (χ4n) is 1.63. The van der Waals surface area contributed by atoms with Crippen LogP contribution in [0.15, 0.2) is 0 Å². The first-order valence-corrected chi connectivity index (χ1v) is 6.71. The number of carbonyl (C=O) groups excluding carboxylic acids is 1. The Bertz CT molecular complexity index is 187. The molecule has 1 amide bonds. The van der Waals surface area contributed by atoms with Crippen molar-refractivity contribution in [2.24, 2.45) is 17.8 Å². The number of amides is 1. The molecular weight excluding hydrogens is 198 g/mol. The molecule has 16 heavy (non-hydrogen) atoms. The molecule has 0 saturated carbocycles. The van der Waals surface area contributed by atoms with Crippen LogP contribution in [0.5, 0.6) is 0 Å². The Hall–Kier alpha value is -0.530. The lowest BCUT2D eigenvalue weighted by molar-refractivity contribution is -0.124. The summed E-state index contributed by atoms with van der Waals surface area (Å²) in [4.78, 5) is 11.4. The molecule has 0 spiro atoms. The Kier molecular flexibility index (Phi) is 8.32. The van der Waals surface area contributed by atoms with Gasteiger partial charge in [-0.05, 0) is 18.3 Å². The zero-order valence-electron chi connectivity index (χ0n) is 11.7. The number of nitrogens with one attached hydrogen (secondary N) is 1. The average molecular weight is 227 g/mol. The fourth-order valence-corrected chi connectivity index (χ4v) is 1.63. The molecule has 1 N–H and O–H groups in total. The summed E-state index contributed by atoms with van der Waals surface area (Å²) in [6, 6.07) is 0. The van der Waals surface area contributed by atoms with Crippen molar-refractivity contribution >= 4 is 5.91 Å². The summed E-state index contributed by atoms with van der Waals surface area (Å²) in [5.41, 5.74) is 0. The summed E-state index contributed by atoms with van der Waals surface area (Å²) in [6.07, 6.45) is 5.16. The first-order chi connectivity index (χ1) is 7.43. The number of hydrogen-bond donors (Lipinski definition) is 1. The first-order valence-electron chi connectivity index (χ1n) is 6.71. The molecule has 0 aromatic heterocycles. The summed E-state index contributed by atoms with van der Waals surface area (Å²) in [7, 11) is 0. The van der Waals surface area contributed by atoms with Crippen LogP contribution in [0.1, 0.15) is 60.3 Å². The van der Waals surface area contributed by atoms with Crippen LogP contribution in [0.4, 0.5) is 0 Å². The van der Waals surface area contributed by atoms with Gasteiger partial charge in [0.2, 0.25) is 5.91 Å². The molecule has 0 bridgehead atoms. The highest BCUT2D eigenvalue weighted by Crippen LogP contribution is 2.12. The molecule has 0 heterocycles. The van der Waals surface area contributed by atoms with E-state index in [1.54, 1.807) is 0 Å². The summed E-state index contributed by atoms with van der Waals surface area (Å²) >= 11 is 0. The van der Waals surface area contributed by atoms with Gasteiger partial charge in [0.05, 0.1) is 0 Å². The molecule has 2 heteroatoms. The minimum absolute atomic E-state index is 0.105. The summed E-state index contributed by atoms with van der Waals surface area (Å²) < 4.78 is 0. The van der Waals surface area contributed by atoms with Crippen LogP contribution in [-0.4, -0.2) is 12.5 Å². The van der Waals surface area contributed by atoms with E-state index in [1.165, 1.54) is 25.7 Å². The Labute approximate surface area is 101 Å². The maximum Gasteiger partial charge on any atom is 0.222 e. The molecular formula is C14H29NO. The predicted octanol–water partition coefficient (Wildman–Crippen LogP) is 3.61. The largest absolute Gasteiger partial charge is 0.356 e. The van der Waals surface area contributed by atoms with Gasteiger partial charge in [0, 0.05) is 12.5 Å². The van der Waals surface area contributed by atoms with E-state index in [0.717, 1.165) is 12.5 Å². The second-order valence-corrected chi connectivity index (χ2v) is 5.68. The average Bonchev–Trinajstić information content (AvgIpc) is 2.20. The lowest BCUT2D eigenvalue weighted by atomic mass is 10.00. The monoisotopic (exact) mass is 227 g/mol. The first kappa shape index (κ1) is 15.5. The van der Waals surface area contributed by atoms with E-state index in [0.29, 0.717) is 5.92 Å². The molecule has 0 aliphatic heterocycles. The lowest BCUT2D eigenvalue weighted by Gasteiger charge is -2.14. The molecule has 1 unspecified atom stereocenters. The van der Waals surface area contributed by atoms with Crippen LogP contribution in [0, 0.1) is 17.8 Å². The number of rotatable bonds is 8. The number of hydrogen-bond acceptors (Lipinski definition) is 1. The van der Waals surface area contributed by atoms with E-state index in [2.05, 4.69) is 26.1 Å². The molecule has 1 atom stereocenters. The van der Waals surface area contributed by atoms with Crippen molar-refractivity contribution in [1.29, 1.82) is 0 Å². The van der Waals surface area contributed by atoms with Crippen molar-refractivity contribution < 1.29 is 4.79 Å². The lowest BCUT2D eigenvalue weighted by Crippen LogP contribution is -2.31. The van der Waals surface area contributed by atoms with E-state index >= 15 is 0 Å². The highest BCUT2D eigenvalue weighted by Gasteiger charge is 2.08.